The molecule has 0 saturated carbocycles. The number of hydrogen-bond donors (Lipinski definition) is 2. The van der Waals surface area contributed by atoms with E-state index < -0.39 is 6.10 Å². The molecule has 2 heterocycles. The number of likely N-dealkylation sites (tertiary alicyclic amines) is 2. The molecule has 2 N–H and O–H groups in total. The predicted molar refractivity (Wildman–Crippen MR) is 121 cm³/mol. The van der Waals surface area contributed by atoms with E-state index in [1.54, 1.807) is 4.90 Å². The molecule has 0 radical (unpaired) electrons. The standard InChI is InChI=1S/C24H39N3O4/c1-2-30-24(29)27-14-10-21(11-15-27)25-17-20-8-7-9-23(16-20)31-19-22(28)18-26-12-5-3-4-6-13-26/h7-9,16,21-22,25,28H,2-6,10-15,17-19H2,1H3/t22-/m1/s1. The fraction of sp³-hybridized carbons (Fsp3) is 0.708. The summed E-state index contributed by atoms with van der Waals surface area (Å²) < 4.78 is 11.0. The summed E-state index contributed by atoms with van der Waals surface area (Å²) in [5, 5.41) is 14.0. The van der Waals surface area contributed by atoms with Crippen LogP contribution in [0.5, 0.6) is 5.75 Å². The molecule has 2 aliphatic rings. The Balaban J connectivity index is 1.36. The molecule has 1 aromatic rings. The molecule has 1 aromatic carbocycles. The molecule has 31 heavy (non-hydrogen) atoms. The lowest BCUT2D eigenvalue weighted by atomic mass is 10.0. The van der Waals surface area contributed by atoms with Crippen LogP contribution in [0.2, 0.25) is 0 Å². The Hall–Kier alpha value is -1.83. The molecular formula is C24H39N3O4. The second-order valence-electron chi connectivity index (χ2n) is 8.67. The Kier molecular flexibility index (Phi) is 9.90. The lowest BCUT2D eigenvalue weighted by Crippen LogP contribution is -2.44. The van der Waals surface area contributed by atoms with Gasteiger partial charge in [0.25, 0.3) is 0 Å². The van der Waals surface area contributed by atoms with Gasteiger partial charge in [-0.15, -0.1) is 0 Å². The van der Waals surface area contributed by atoms with Crippen molar-refractivity contribution in [3.8, 4) is 5.75 Å². The molecule has 0 unspecified atom stereocenters. The van der Waals surface area contributed by atoms with E-state index in [-0.39, 0.29) is 6.09 Å². The Bertz CT molecular complexity index is 656. The first-order valence-electron chi connectivity index (χ1n) is 11.9. The molecule has 2 saturated heterocycles. The first-order chi connectivity index (χ1) is 15.1. The van der Waals surface area contributed by atoms with Gasteiger partial charge < -0.3 is 29.7 Å². The summed E-state index contributed by atoms with van der Waals surface area (Å²) in [4.78, 5) is 15.9. The average Bonchev–Trinajstić information content (AvgIpc) is 3.06. The number of ether oxygens (including phenoxy) is 2. The van der Waals surface area contributed by atoms with Crippen LogP contribution in [0.25, 0.3) is 0 Å². The number of aliphatic hydroxyl groups is 1. The predicted octanol–water partition coefficient (Wildman–Crippen LogP) is 3.01. The highest BCUT2D eigenvalue weighted by Crippen LogP contribution is 2.16. The van der Waals surface area contributed by atoms with Crippen molar-refractivity contribution in [2.24, 2.45) is 0 Å². The Morgan fingerprint density at radius 3 is 2.61 bits per heavy atom. The molecule has 0 aromatic heterocycles. The highest BCUT2D eigenvalue weighted by molar-refractivity contribution is 5.67. The third kappa shape index (κ3) is 8.31. The molecule has 174 valence electrons. The van der Waals surface area contributed by atoms with Crippen molar-refractivity contribution in [1.29, 1.82) is 0 Å². The van der Waals surface area contributed by atoms with E-state index in [0.717, 1.165) is 56.9 Å². The molecule has 2 aliphatic heterocycles. The minimum atomic E-state index is -0.468. The normalized spacial score (nSPS) is 19.6. The van der Waals surface area contributed by atoms with Gasteiger partial charge in [0.05, 0.1) is 6.61 Å². The van der Waals surface area contributed by atoms with Crippen molar-refractivity contribution in [3.05, 3.63) is 29.8 Å². The van der Waals surface area contributed by atoms with Crippen LogP contribution in [-0.4, -0.2) is 79.1 Å². The number of β-amino-alcohol motifs (C(OH)–C–C–N with tert-alkyl or cyclic N) is 1. The minimum Gasteiger partial charge on any atom is -0.491 e. The van der Waals surface area contributed by atoms with Crippen LogP contribution in [0.3, 0.4) is 0 Å². The summed E-state index contributed by atoms with van der Waals surface area (Å²) in [6.07, 6.45) is 6.24. The molecule has 1 atom stereocenters. The molecule has 7 nitrogen and oxygen atoms in total. The monoisotopic (exact) mass is 433 g/mol. The van der Waals surface area contributed by atoms with Crippen LogP contribution < -0.4 is 10.1 Å². The van der Waals surface area contributed by atoms with E-state index in [9.17, 15) is 9.90 Å². The van der Waals surface area contributed by atoms with Crippen LogP contribution in [0.4, 0.5) is 4.79 Å². The number of nitrogens with zero attached hydrogens (tertiary/aromatic N) is 2. The van der Waals surface area contributed by atoms with E-state index in [4.69, 9.17) is 9.47 Å². The van der Waals surface area contributed by atoms with Crippen molar-refractivity contribution in [3.63, 3.8) is 0 Å². The summed E-state index contributed by atoms with van der Waals surface area (Å²) in [6.45, 7) is 7.64. The zero-order chi connectivity index (χ0) is 21.9. The van der Waals surface area contributed by atoms with Crippen LogP contribution in [-0.2, 0) is 11.3 Å². The number of rotatable bonds is 9. The van der Waals surface area contributed by atoms with Gasteiger partial charge in [-0.05, 0) is 63.4 Å². The van der Waals surface area contributed by atoms with Gasteiger partial charge in [-0.25, -0.2) is 4.79 Å². The third-order valence-corrected chi connectivity index (χ3v) is 6.12. The van der Waals surface area contributed by atoms with Gasteiger partial charge in [0.1, 0.15) is 18.5 Å². The van der Waals surface area contributed by atoms with Gasteiger partial charge in [0.2, 0.25) is 0 Å². The molecule has 0 aliphatic carbocycles. The average molecular weight is 434 g/mol. The number of hydrogen-bond acceptors (Lipinski definition) is 6. The number of carbonyl (C=O) groups excluding carboxylic acids is 1. The molecule has 0 spiro atoms. The van der Waals surface area contributed by atoms with Crippen LogP contribution in [0.1, 0.15) is 51.0 Å². The Morgan fingerprint density at radius 1 is 1.16 bits per heavy atom. The molecule has 7 heteroatoms. The van der Waals surface area contributed by atoms with Crippen molar-refractivity contribution in [1.82, 2.24) is 15.1 Å². The van der Waals surface area contributed by atoms with Gasteiger partial charge in [0, 0.05) is 32.2 Å². The second kappa shape index (κ2) is 12.9. The zero-order valence-corrected chi connectivity index (χ0v) is 18.9. The van der Waals surface area contributed by atoms with Crippen LogP contribution >= 0.6 is 0 Å². The van der Waals surface area contributed by atoms with Gasteiger partial charge in [-0.2, -0.15) is 0 Å². The zero-order valence-electron chi connectivity index (χ0n) is 18.9. The fourth-order valence-corrected chi connectivity index (χ4v) is 4.35. The number of piperidine rings is 1. The summed E-state index contributed by atoms with van der Waals surface area (Å²) >= 11 is 0. The molecular weight excluding hydrogens is 394 g/mol. The number of amides is 1. The van der Waals surface area contributed by atoms with Crippen LogP contribution in [0, 0.1) is 0 Å². The summed E-state index contributed by atoms with van der Waals surface area (Å²) in [5.74, 6) is 0.798. The largest absolute Gasteiger partial charge is 0.491 e. The molecule has 1 amide bonds. The first kappa shape index (κ1) is 23.8. The van der Waals surface area contributed by atoms with Crippen molar-refractivity contribution in [2.75, 3.05) is 45.9 Å². The quantitative estimate of drug-likeness (QED) is 0.624. The van der Waals surface area contributed by atoms with Gasteiger partial charge >= 0.3 is 6.09 Å². The van der Waals surface area contributed by atoms with Crippen molar-refractivity contribution < 1.29 is 19.4 Å². The lowest BCUT2D eigenvalue weighted by molar-refractivity contribution is 0.0693. The molecule has 3 rings (SSSR count). The maximum absolute atomic E-state index is 11.8. The molecule has 0 bridgehead atoms. The summed E-state index contributed by atoms with van der Waals surface area (Å²) in [6, 6.07) is 8.46. The first-order valence-corrected chi connectivity index (χ1v) is 11.9. The molecule has 2 fully saturated rings. The van der Waals surface area contributed by atoms with Crippen LogP contribution in [0.15, 0.2) is 24.3 Å². The summed E-state index contributed by atoms with van der Waals surface area (Å²) in [5.41, 5.74) is 1.16. The summed E-state index contributed by atoms with van der Waals surface area (Å²) in [7, 11) is 0. The van der Waals surface area contributed by atoms with Gasteiger partial charge in [0.15, 0.2) is 0 Å². The maximum Gasteiger partial charge on any atom is 0.409 e. The lowest BCUT2D eigenvalue weighted by Gasteiger charge is -2.31. The highest BCUT2D eigenvalue weighted by atomic mass is 16.6. The fourth-order valence-electron chi connectivity index (χ4n) is 4.35. The van der Waals surface area contributed by atoms with E-state index in [1.165, 1.54) is 25.7 Å². The minimum absolute atomic E-state index is 0.205. The maximum atomic E-state index is 11.8. The number of benzene rings is 1. The topological polar surface area (TPSA) is 74.3 Å². The number of aliphatic hydroxyl groups excluding tert-OH is 1. The Labute approximate surface area is 186 Å². The van der Waals surface area contributed by atoms with Gasteiger partial charge in [-0.3, -0.25) is 0 Å². The Morgan fingerprint density at radius 2 is 1.90 bits per heavy atom. The van der Waals surface area contributed by atoms with E-state index >= 15 is 0 Å². The third-order valence-electron chi connectivity index (χ3n) is 6.12. The second-order valence-corrected chi connectivity index (χ2v) is 8.67. The van der Waals surface area contributed by atoms with Crippen molar-refractivity contribution in [2.45, 2.75) is 64.1 Å². The highest BCUT2D eigenvalue weighted by Gasteiger charge is 2.23. The van der Waals surface area contributed by atoms with E-state index in [2.05, 4.69) is 16.3 Å². The van der Waals surface area contributed by atoms with Gasteiger partial charge in [-0.1, -0.05) is 25.0 Å². The van der Waals surface area contributed by atoms with E-state index in [0.29, 0.717) is 25.8 Å². The van der Waals surface area contributed by atoms with Crippen molar-refractivity contribution >= 4 is 6.09 Å². The van der Waals surface area contributed by atoms with E-state index in [1.807, 2.05) is 25.1 Å². The number of carbonyl (C=O) groups is 1. The smallest absolute Gasteiger partial charge is 0.409 e. The SMILES string of the molecule is CCOC(=O)N1CCC(NCc2cccc(OC[C@H](O)CN3CCCCCC3)c2)CC1. The number of nitrogens with one attached hydrogen (secondary N) is 1.